The number of hydrogen-bond acceptors (Lipinski definition) is 3. The van der Waals surface area contributed by atoms with Crippen LogP contribution in [0.5, 0.6) is 5.75 Å². The zero-order valence-electron chi connectivity index (χ0n) is 10.1. The van der Waals surface area contributed by atoms with Gasteiger partial charge in [0.25, 0.3) is 5.91 Å². The van der Waals surface area contributed by atoms with E-state index < -0.39 is 17.9 Å². The lowest BCUT2D eigenvalue weighted by molar-refractivity contribution is -0.139. The van der Waals surface area contributed by atoms with Gasteiger partial charge in [-0.15, -0.1) is 12.3 Å². The Balaban J connectivity index is 2.94. The molecule has 0 aliphatic carbocycles. The van der Waals surface area contributed by atoms with Gasteiger partial charge in [0.2, 0.25) is 0 Å². The molecule has 0 bridgehead atoms. The van der Waals surface area contributed by atoms with Crippen LogP contribution in [0, 0.1) is 12.3 Å². The fraction of sp³-hybridized carbons (Fsp3) is 0.231. The summed E-state index contributed by atoms with van der Waals surface area (Å²) in [6.07, 6.45) is 4.95. The van der Waals surface area contributed by atoms with Crippen molar-refractivity contribution in [2.24, 2.45) is 0 Å². The summed E-state index contributed by atoms with van der Waals surface area (Å²) in [5, 5.41) is 11.6. The van der Waals surface area contributed by atoms with Crippen molar-refractivity contribution in [3.05, 3.63) is 28.8 Å². The Bertz CT molecular complexity index is 536. The van der Waals surface area contributed by atoms with Crippen LogP contribution >= 0.6 is 11.6 Å². The van der Waals surface area contributed by atoms with Crippen molar-refractivity contribution < 1.29 is 19.4 Å². The average molecular weight is 282 g/mol. The van der Waals surface area contributed by atoms with Crippen molar-refractivity contribution in [3.63, 3.8) is 0 Å². The Morgan fingerprint density at radius 3 is 2.79 bits per heavy atom. The molecule has 2 N–H and O–H groups in total. The van der Waals surface area contributed by atoms with Crippen LogP contribution in [-0.2, 0) is 4.79 Å². The van der Waals surface area contributed by atoms with Gasteiger partial charge in [-0.1, -0.05) is 11.6 Å². The van der Waals surface area contributed by atoms with Gasteiger partial charge in [0.15, 0.2) is 0 Å². The molecule has 1 aromatic carbocycles. The molecule has 6 heteroatoms. The number of carboxylic acid groups (broad SMARTS) is 1. The number of terminal acetylenes is 1. The molecule has 1 unspecified atom stereocenters. The molecule has 0 aliphatic heterocycles. The number of nitrogens with one attached hydrogen (secondary N) is 1. The maximum atomic E-state index is 12.0. The highest BCUT2D eigenvalue weighted by Gasteiger charge is 2.21. The summed E-state index contributed by atoms with van der Waals surface area (Å²) in [6.45, 7) is 0. The third-order valence-electron chi connectivity index (χ3n) is 2.33. The SMILES string of the molecule is C#CCC(NC(=O)c1ccc(Cl)cc1OC)C(=O)O. The number of aliphatic carboxylic acids is 1. The summed E-state index contributed by atoms with van der Waals surface area (Å²) < 4.78 is 5.02. The maximum Gasteiger partial charge on any atom is 0.327 e. The Morgan fingerprint density at radius 2 is 2.26 bits per heavy atom. The summed E-state index contributed by atoms with van der Waals surface area (Å²) in [5.41, 5.74) is 0.190. The van der Waals surface area contributed by atoms with E-state index in [0.717, 1.165) is 0 Å². The molecule has 1 amide bonds. The van der Waals surface area contributed by atoms with E-state index in [1.807, 2.05) is 0 Å². The minimum Gasteiger partial charge on any atom is -0.496 e. The first-order valence-corrected chi connectivity index (χ1v) is 5.68. The highest BCUT2D eigenvalue weighted by molar-refractivity contribution is 6.30. The number of rotatable bonds is 5. The zero-order valence-corrected chi connectivity index (χ0v) is 10.9. The molecule has 19 heavy (non-hydrogen) atoms. The molecule has 0 aliphatic rings. The predicted octanol–water partition coefficient (Wildman–Crippen LogP) is 1.55. The Hall–Kier alpha value is -2.19. The van der Waals surface area contributed by atoms with E-state index in [1.165, 1.54) is 25.3 Å². The Labute approximate surface area is 115 Å². The van der Waals surface area contributed by atoms with E-state index in [0.29, 0.717) is 5.02 Å². The Kier molecular flexibility index (Phi) is 5.22. The monoisotopic (exact) mass is 281 g/mol. The minimum absolute atomic E-state index is 0.100. The number of hydrogen-bond donors (Lipinski definition) is 2. The normalized spacial score (nSPS) is 11.2. The van der Waals surface area contributed by atoms with Crippen LogP contribution in [0.2, 0.25) is 5.02 Å². The largest absolute Gasteiger partial charge is 0.496 e. The van der Waals surface area contributed by atoms with Crippen molar-refractivity contribution in [2.75, 3.05) is 7.11 Å². The van der Waals surface area contributed by atoms with Crippen LogP contribution < -0.4 is 10.1 Å². The molecular formula is C13H12ClNO4. The van der Waals surface area contributed by atoms with E-state index in [4.69, 9.17) is 27.9 Å². The Morgan fingerprint density at radius 1 is 1.58 bits per heavy atom. The molecule has 0 spiro atoms. The van der Waals surface area contributed by atoms with Crippen molar-refractivity contribution in [1.82, 2.24) is 5.32 Å². The number of carboxylic acids is 1. The first-order chi connectivity index (χ1) is 8.99. The van der Waals surface area contributed by atoms with Gasteiger partial charge in [-0.25, -0.2) is 4.79 Å². The zero-order chi connectivity index (χ0) is 14.4. The van der Waals surface area contributed by atoms with Crippen molar-refractivity contribution in [3.8, 4) is 18.1 Å². The molecule has 0 fully saturated rings. The summed E-state index contributed by atoms with van der Waals surface area (Å²) in [4.78, 5) is 22.9. The molecule has 5 nitrogen and oxygen atoms in total. The quantitative estimate of drug-likeness (QED) is 0.803. The highest BCUT2D eigenvalue weighted by Crippen LogP contribution is 2.23. The van der Waals surface area contributed by atoms with Crippen molar-refractivity contribution in [1.29, 1.82) is 0 Å². The second kappa shape index (κ2) is 6.66. The molecule has 0 radical (unpaired) electrons. The lowest BCUT2D eigenvalue weighted by atomic mass is 10.1. The maximum absolute atomic E-state index is 12.0. The van der Waals surface area contributed by atoms with Crippen LogP contribution in [0.1, 0.15) is 16.8 Å². The van der Waals surface area contributed by atoms with Crippen LogP contribution in [-0.4, -0.2) is 30.1 Å². The third-order valence-corrected chi connectivity index (χ3v) is 2.57. The van der Waals surface area contributed by atoms with Crippen molar-refractivity contribution in [2.45, 2.75) is 12.5 Å². The molecule has 1 aromatic rings. The molecule has 0 saturated carbocycles. The van der Waals surface area contributed by atoms with Gasteiger partial charge in [0.1, 0.15) is 11.8 Å². The summed E-state index contributed by atoms with van der Waals surface area (Å²) >= 11 is 5.77. The standard InChI is InChI=1S/C13H12ClNO4/c1-3-4-10(13(17)18)15-12(16)9-6-5-8(14)7-11(9)19-2/h1,5-7,10H,4H2,2H3,(H,15,16)(H,17,18). The van der Waals surface area contributed by atoms with E-state index in [2.05, 4.69) is 11.2 Å². The van der Waals surface area contributed by atoms with Gasteiger partial charge in [0.05, 0.1) is 12.7 Å². The molecule has 0 aromatic heterocycles. The number of ether oxygens (including phenoxy) is 1. The smallest absolute Gasteiger partial charge is 0.327 e. The lowest BCUT2D eigenvalue weighted by Crippen LogP contribution is -2.40. The summed E-state index contributed by atoms with van der Waals surface area (Å²) in [6, 6.07) is 3.28. The van der Waals surface area contributed by atoms with Crippen molar-refractivity contribution >= 4 is 23.5 Å². The molecular weight excluding hydrogens is 270 g/mol. The second-order valence-electron chi connectivity index (χ2n) is 3.62. The number of carbonyl (C=O) groups excluding carboxylic acids is 1. The van der Waals surface area contributed by atoms with E-state index >= 15 is 0 Å². The van der Waals surface area contributed by atoms with E-state index in [9.17, 15) is 9.59 Å². The molecule has 0 saturated heterocycles. The third kappa shape index (κ3) is 3.90. The molecule has 1 rings (SSSR count). The average Bonchev–Trinajstić information content (AvgIpc) is 2.37. The topological polar surface area (TPSA) is 75.6 Å². The number of halogens is 1. The van der Waals surface area contributed by atoms with Crippen LogP contribution in [0.15, 0.2) is 18.2 Å². The first-order valence-electron chi connectivity index (χ1n) is 5.30. The lowest BCUT2D eigenvalue weighted by Gasteiger charge is -2.13. The minimum atomic E-state index is -1.20. The van der Waals surface area contributed by atoms with Gasteiger partial charge in [-0.2, -0.15) is 0 Å². The summed E-state index contributed by atoms with van der Waals surface area (Å²) in [7, 11) is 1.39. The molecule has 0 heterocycles. The number of methoxy groups -OCH3 is 1. The van der Waals surface area contributed by atoms with E-state index in [-0.39, 0.29) is 17.7 Å². The molecule has 100 valence electrons. The molecule has 1 atom stereocenters. The van der Waals surface area contributed by atoms with Gasteiger partial charge >= 0.3 is 5.97 Å². The first kappa shape index (κ1) is 14.9. The number of benzene rings is 1. The van der Waals surface area contributed by atoms with Crippen LogP contribution in [0.3, 0.4) is 0 Å². The van der Waals surface area contributed by atoms with Gasteiger partial charge in [0, 0.05) is 11.4 Å². The predicted molar refractivity (Wildman–Crippen MR) is 70.3 cm³/mol. The van der Waals surface area contributed by atoms with E-state index in [1.54, 1.807) is 0 Å². The van der Waals surface area contributed by atoms with Crippen LogP contribution in [0.25, 0.3) is 0 Å². The highest BCUT2D eigenvalue weighted by atomic mass is 35.5. The fourth-order valence-corrected chi connectivity index (χ4v) is 1.57. The summed E-state index contributed by atoms with van der Waals surface area (Å²) in [5.74, 6) is 0.673. The van der Waals surface area contributed by atoms with Gasteiger partial charge in [-0.3, -0.25) is 4.79 Å². The van der Waals surface area contributed by atoms with Gasteiger partial charge in [-0.05, 0) is 18.2 Å². The fourth-order valence-electron chi connectivity index (χ4n) is 1.41. The van der Waals surface area contributed by atoms with Crippen LogP contribution in [0.4, 0.5) is 0 Å². The van der Waals surface area contributed by atoms with Gasteiger partial charge < -0.3 is 15.2 Å². The number of amides is 1. The number of carbonyl (C=O) groups is 2. The second-order valence-corrected chi connectivity index (χ2v) is 4.05.